The van der Waals surface area contributed by atoms with Crippen LogP contribution in [0.25, 0.3) is 11.5 Å². The van der Waals surface area contributed by atoms with E-state index in [-0.39, 0.29) is 18.0 Å². The van der Waals surface area contributed by atoms with Gasteiger partial charge in [0.1, 0.15) is 0 Å². The molecule has 2 atom stereocenters. The molecule has 132 valence electrons. The third-order valence-corrected chi connectivity index (χ3v) is 5.60. The number of aryl methyl sites for hydroxylation is 1. The molecule has 2 saturated carbocycles. The van der Waals surface area contributed by atoms with Crippen molar-refractivity contribution in [2.45, 2.75) is 51.1 Å². The van der Waals surface area contributed by atoms with E-state index in [0.29, 0.717) is 34.7 Å². The third-order valence-electron chi connectivity index (χ3n) is 5.60. The van der Waals surface area contributed by atoms with Gasteiger partial charge in [0, 0.05) is 12.1 Å². The van der Waals surface area contributed by atoms with Crippen LogP contribution in [0.1, 0.15) is 48.3 Å². The molecule has 2 aromatic rings. The van der Waals surface area contributed by atoms with E-state index in [1.807, 2.05) is 24.3 Å². The number of rotatable bonds is 3. The Bertz CT molecular complexity index is 758. The first kappa shape index (κ1) is 16.3. The Kier molecular flexibility index (Phi) is 4.29. The minimum Gasteiger partial charge on any atom is -0.349 e. The topological polar surface area (TPSA) is 94.0 Å². The Morgan fingerprint density at radius 2 is 1.96 bits per heavy atom. The molecule has 0 spiro atoms. The lowest BCUT2D eigenvalue weighted by Crippen LogP contribution is -2.53. The van der Waals surface area contributed by atoms with Gasteiger partial charge in [-0.15, -0.1) is 0 Å². The number of amides is 1. The highest BCUT2D eigenvalue weighted by atomic mass is 16.5. The van der Waals surface area contributed by atoms with Crippen LogP contribution in [-0.2, 0) is 0 Å². The number of hydrogen-bond acceptors (Lipinski definition) is 5. The number of benzene rings is 1. The van der Waals surface area contributed by atoms with E-state index in [9.17, 15) is 4.79 Å². The van der Waals surface area contributed by atoms with E-state index in [4.69, 9.17) is 10.3 Å². The van der Waals surface area contributed by atoms with Gasteiger partial charge in [0.15, 0.2) is 5.82 Å². The Morgan fingerprint density at radius 3 is 2.64 bits per heavy atom. The second-order valence-corrected chi connectivity index (χ2v) is 7.37. The molecule has 0 aliphatic heterocycles. The van der Waals surface area contributed by atoms with E-state index >= 15 is 0 Å². The minimum atomic E-state index is -0.0659. The zero-order valence-electron chi connectivity index (χ0n) is 14.4. The van der Waals surface area contributed by atoms with Crippen LogP contribution in [0.4, 0.5) is 0 Å². The lowest BCUT2D eigenvalue weighted by atomic mass is 9.67. The normalized spacial score (nSPS) is 28.6. The van der Waals surface area contributed by atoms with Gasteiger partial charge in [-0.05, 0) is 56.6 Å². The molecule has 6 heteroatoms. The number of hydrogen-bond donors (Lipinski definition) is 2. The summed E-state index contributed by atoms with van der Waals surface area (Å²) in [6.07, 6.45) is 5.56. The van der Waals surface area contributed by atoms with Crippen LogP contribution in [0.15, 0.2) is 28.8 Å². The second-order valence-electron chi connectivity index (χ2n) is 7.37. The minimum absolute atomic E-state index is 0.0659. The number of fused-ring (bicyclic) bond motifs is 2. The molecule has 2 bridgehead atoms. The van der Waals surface area contributed by atoms with E-state index in [2.05, 4.69) is 15.5 Å². The molecule has 1 aromatic carbocycles. The number of aromatic nitrogens is 2. The maximum absolute atomic E-state index is 13.0. The van der Waals surface area contributed by atoms with E-state index in [0.717, 1.165) is 25.7 Å². The molecule has 2 fully saturated rings. The average Bonchev–Trinajstić information content (AvgIpc) is 3.02. The standard InChI is InChI=1S/C19H24N4O2/c1-11-21-19(25-23-11)16-8-3-2-7-15(16)18(24)22-17-12-5-4-6-13(17)10-14(20)9-12/h2-3,7-8,12-14,17H,4-6,9-10,20H2,1H3,(H,22,24). The first-order valence-electron chi connectivity index (χ1n) is 9.08. The molecule has 2 aliphatic carbocycles. The van der Waals surface area contributed by atoms with Gasteiger partial charge in [-0.3, -0.25) is 4.79 Å². The summed E-state index contributed by atoms with van der Waals surface area (Å²) in [5, 5.41) is 7.12. The second kappa shape index (κ2) is 6.59. The molecule has 4 rings (SSSR count). The zero-order valence-corrected chi connectivity index (χ0v) is 14.4. The van der Waals surface area contributed by atoms with Crippen LogP contribution in [0.3, 0.4) is 0 Å². The van der Waals surface area contributed by atoms with Crippen molar-refractivity contribution < 1.29 is 9.32 Å². The largest absolute Gasteiger partial charge is 0.349 e. The van der Waals surface area contributed by atoms with Crippen molar-refractivity contribution in [1.82, 2.24) is 15.5 Å². The predicted octanol–water partition coefficient (Wildman–Crippen LogP) is 2.68. The molecule has 0 saturated heterocycles. The first-order valence-corrected chi connectivity index (χ1v) is 9.08. The lowest BCUT2D eigenvalue weighted by molar-refractivity contribution is 0.0756. The fraction of sp³-hybridized carbons (Fsp3) is 0.526. The Labute approximate surface area is 147 Å². The third kappa shape index (κ3) is 3.18. The summed E-state index contributed by atoms with van der Waals surface area (Å²) in [6, 6.07) is 7.89. The number of carbonyl (C=O) groups is 1. The lowest BCUT2D eigenvalue weighted by Gasteiger charge is -2.45. The van der Waals surface area contributed by atoms with Gasteiger partial charge in [0.05, 0.1) is 11.1 Å². The van der Waals surface area contributed by atoms with Crippen molar-refractivity contribution in [2.24, 2.45) is 17.6 Å². The van der Waals surface area contributed by atoms with Gasteiger partial charge >= 0.3 is 0 Å². The molecular weight excluding hydrogens is 316 g/mol. The molecule has 3 N–H and O–H groups in total. The molecule has 1 aromatic heterocycles. The van der Waals surface area contributed by atoms with Gasteiger partial charge in [-0.2, -0.15) is 4.98 Å². The van der Waals surface area contributed by atoms with Crippen LogP contribution in [0.2, 0.25) is 0 Å². The van der Waals surface area contributed by atoms with Crippen LogP contribution < -0.4 is 11.1 Å². The summed E-state index contributed by atoms with van der Waals surface area (Å²) in [5.74, 6) is 1.85. The fourth-order valence-corrected chi connectivity index (χ4v) is 4.53. The van der Waals surface area contributed by atoms with E-state index < -0.39 is 0 Å². The number of nitrogens with zero attached hydrogens (tertiary/aromatic N) is 2. The van der Waals surface area contributed by atoms with Crippen LogP contribution in [-0.4, -0.2) is 28.1 Å². The quantitative estimate of drug-likeness (QED) is 0.896. The van der Waals surface area contributed by atoms with Crippen molar-refractivity contribution >= 4 is 5.91 Å². The highest BCUT2D eigenvalue weighted by molar-refractivity contribution is 6.00. The Morgan fingerprint density at radius 1 is 1.24 bits per heavy atom. The monoisotopic (exact) mass is 340 g/mol. The average molecular weight is 340 g/mol. The molecule has 0 radical (unpaired) electrons. The highest BCUT2D eigenvalue weighted by Crippen LogP contribution is 2.40. The van der Waals surface area contributed by atoms with Crippen molar-refractivity contribution in [1.29, 1.82) is 0 Å². The molecule has 6 nitrogen and oxygen atoms in total. The summed E-state index contributed by atoms with van der Waals surface area (Å²) in [5.41, 5.74) is 7.45. The van der Waals surface area contributed by atoms with Crippen LogP contribution in [0, 0.1) is 18.8 Å². The molecular formula is C19H24N4O2. The predicted molar refractivity (Wildman–Crippen MR) is 93.8 cm³/mol. The molecule has 1 amide bonds. The first-order chi connectivity index (χ1) is 12.1. The van der Waals surface area contributed by atoms with Gasteiger partial charge in [0.25, 0.3) is 11.8 Å². The molecule has 1 heterocycles. The van der Waals surface area contributed by atoms with Gasteiger partial charge in [-0.25, -0.2) is 0 Å². The van der Waals surface area contributed by atoms with Gasteiger partial charge < -0.3 is 15.6 Å². The number of nitrogens with two attached hydrogens (primary N) is 1. The van der Waals surface area contributed by atoms with Crippen LogP contribution >= 0.6 is 0 Å². The summed E-state index contributed by atoms with van der Waals surface area (Å²) in [6.45, 7) is 1.77. The number of carbonyl (C=O) groups excluding carboxylic acids is 1. The van der Waals surface area contributed by atoms with Crippen molar-refractivity contribution in [3.63, 3.8) is 0 Å². The maximum Gasteiger partial charge on any atom is 0.258 e. The fourth-order valence-electron chi connectivity index (χ4n) is 4.53. The molecule has 25 heavy (non-hydrogen) atoms. The summed E-state index contributed by atoms with van der Waals surface area (Å²) >= 11 is 0. The zero-order chi connectivity index (χ0) is 17.4. The summed E-state index contributed by atoms with van der Waals surface area (Å²) in [4.78, 5) is 17.3. The van der Waals surface area contributed by atoms with Gasteiger partial charge in [0.2, 0.25) is 0 Å². The van der Waals surface area contributed by atoms with Gasteiger partial charge in [-0.1, -0.05) is 23.7 Å². The van der Waals surface area contributed by atoms with Crippen molar-refractivity contribution in [3.8, 4) is 11.5 Å². The Hall–Kier alpha value is -2.21. The summed E-state index contributed by atoms with van der Waals surface area (Å²) < 4.78 is 5.26. The highest BCUT2D eigenvalue weighted by Gasteiger charge is 2.40. The van der Waals surface area contributed by atoms with E-state index in [1.165, 1.54) is 6.42 Å². The smallest absolute Gasteiger partial charge is 0.258 e. The maximum atomic E-state index is 13.0. The van der Waals surface area contributed by atoms with Crippen molar-refractivity contribution in [3.05, 3.63) is 35.7 Å². The van der Waals surface area contributed by atoms with Crippen LogP contribution in [0.5, 0.6) is 0 Å². The SMILES string of the molecule is Cc1noc(-c2ccccc2C(=O)NC2C3CCCC2CC(N)C3)n1. The number of nitrogens with one attached hydrogen (secondary N) is 1. The van der Waals surface area contributed by atoms with E-state index in [1.54, 1.807) is 6.92 Å². The Balaban J connectivity index is 1.58. The van der Waals surface area contributed by atoms with Crippen molar-refractivity contribution in [2.75, 3.05) is 0 Å². The molecule has 2 unspecified atom stereocenters. The molecule has 2 aliphatic rings. The summed E-state index contributed by atoms with van der Waals surface area (Å²) in [7, 11) is 0.